The van der Waals surface area contributed by atoms with E-state index in [1.54, 1.807) is 6.92 Å². The van der Waals surface area contributed by atoms with E-state index in [0.717, 1.165) is 25.7 Å². The molecule has 1 heterocycles. The van der Waals surface area contributed by atoms with E-state index in [1.807, 2.05) is 13.8 Å². The maximum Gasteiger partial charge on any atom is 0.256 e. The number of hydrogen-bond donors (Lipinski definition) is 2. The molecule has 0 saturated heterocycles. The molecule has 2 rings (SSSR count). The van der Waals surface area contributed by atoms with Gasteiger partial charge in [0.1, 0.15) is 5.56 Å². The molecule has 20 heavy (non-hydrogen) atoms. The Bertz CT molecular complexity index is 473. The molecule has 112 valence electrons. The summed E-state index contributed by atoms with van der Waals surface area (Å²) in [5.74, 6) is 0.604. The number of rotatable bonds is 5. The zero-order chi connectivity index (χ0) is 14.8. The molecule has 1 saturated carbocycles. The first-order chi connectivity index (χ1) is 9.49. The molecule has 0 atom stereocenters. The second-order valence-electron chi connectivity index (χ2n) is 6.21. The molecule has 0 aliphatic heterocycles. The van der Waals surface area contributed by atoms with Crippen LogP contribution in [0.1, 0.15) is 67.3 Å². The average Bonchev–Trinajstić information content (AvgIpc) is 3.03. The number of amides is 1. The minimum Gasteiger partial charge on any atom is -0.396 e. The first kappa shape index (κ1) is 15.0. The van der Waals surface area contributed by atoms with E-state index in [0.29, 0.717) is 23.6 Å². The molecule has 1 amide bonds. The quantitative estimate of drug-likeness (QED) is 0.868. The zero-order valence-corrected chi connectivity index (χ0v) is 12.5. The van der Waals surface area contributed by atoms with Gasteiger partial charge in [-0.2, -0.15) is 0 Å². The summed E-state index contributed by atoms with van der Waals surface area (Å²) in [7, 11) is 0. The number of nitrogens with zero attached hydrogens (tertiary/aromatic N) is 1. The van der Waals surface area contributed by atoms with Crippen molar-refractivity contribution in [3.05, 3.63) is 17.0 Å². The summed E-state index contributed by atoms with van der Waals surface area (Å²) in [6.07, 6.45) is 4.20. The summed E-state index contributed by atoms with van der Waals surface area (Å²) in [5, 5.41) is 16.4. The van der Waals surface area contributed by atoms with Gasteiger partial charge in [-0.1, -0.05) is 31.8 Å². The summed E-state index contributed by atoms with van der Waals surface area (Å²) in [6.45, 7) is 6.38. The molecule has 2 N–H and O–H groups in total. The van der Waals surface area contributed by atoms with Crippen molar-refractivity contribution >= 4 is 5.91 Å². The summed E-state index contributed by atoms with van der Waals surface area (Å²) in [6, 6.07) is 0. The van der Waals surface area contributed by atoms with Crippen LogP contribution in [0.25, 0.3) is 0 Å². The van der Waals surface area contributed by atoms with Crippen LogP contribution < -0.4 is 5.32 Å². The SMILES string of the molecule is Cc1noc(C(C)C)c1C(=O)NCC1(CO)CCCC1. The van der Waals surface area contributed by atoms with E-state index in [4.69, 9.17) is 4.52 Å². The largest absolute Gasteiger partial charge is 0.396 e. The lowest BCUT2D eigenvalue weighted by Crippen LogP contribution is -2.38. The average molecular weight is 280 g/mol. The Kier molecular flexibility index (Phi) is 4.48. The van der Waals surface area contributed by atoms with Crippen LogP contribution >= 0.6 is 0 Å². The molecule has 0 bridgehead atoms. The van der Waals surface area contributed by atoms with Gasteiger partial charge in [0.05, 0.1) is 12.3 Å². The zero-order valence-electron chi connectivity index (χ0n) is 12.5. The normalized spacial score (nSPS) is 17.6. The van der Waals surface area contributed by atoms with Gasteiger partial charge in [-0.3, -0.25) is 4.79 Å². The van der Waals surface area contributed by atoms with Crippen molar-refractivity contribution in [2.75, 3.05) is 13.2 Å². The van der Waals surface area contributed by atoms with Gasteiger partial charge in [0.2, 0.25) is 0 Å². The standard InChI is InChI=1S/C15H24N2O3/c1-10(2)13-12(11(3)17-20-13)14(19)16-8-15(9-18)6-4-5-7-15/h10,18H,4-9H2,1-3H3,(H,16,19). The van der Waals surface area contributed by atoms with Crippen molar-refractivity contribution < 1.29 is 14.4 Å². The monoisotopic (exact) mass is 280 g/mol. The van der Waals surface area contributed by atoms with E-state index in [1.165, 1.54) is 0 Å². The minimum absolute atomic E-state index is 0.121. The lowest BCUT2D eigenvalue weighted by Gasteiger charge is -2.26. The molecule has 1 fully saturated rings. The number of aryl methyl sites for hydroxylation is 1. The summed E-state index contributed by atoms with van der Waals surface area (Å²) in [4.78, 5) is 12.4. The minimum atomic E-state index is -0.146. The highest BCUT2D eigenvalue weighted by molar-refractivity contribution is 5.96. The highest BCUT2D eigenvalue weighted by Crippen LogP contribution is 2.37. The van der Waals surface area contributed by atoms with Crippen LogP contribution in [0, 0.1) is 12.3 Å². The van der Waals surface area contributed by atoms with E-state index in [-0.39, 0.29) is 23.8 Å². The predicted molar refractivity (Wildman–Crippen MR) is 75.6 cm³/mol. The Hall–Kier alpha value is -1.36. The Morgan fingerprint density at radius 1 is 1.45 bits per heavy atom. The van der Waals surface area contributed by atoms with Crippen LogP contribution in [-0.4, -0.2) is 29.3 Å². The van der Waals surface area contributed by atoms with Crippen LogP contribution in [0.15, 0.2) is 4.52 Å². The predicted octanol–water partition coefficient (Wildman–Crippen LogP) is 2.39. The van der Waals surface area contributed by atoms with Crippen molar-refractivity contribution in [3.63, 3.8) is 0 Å². The summed E-state index contributed by atoms with van der Waals surface area (Å²) < 4.78 is 5.24. The highest BCUT2D eigenvalue weighted by atomic mass is 16.5. The van der Waals surface area contributed by atoms with Crippen molar-refractivity contribution in [1.29, 1.82) is 0 Å². The lowest BCUT2D eigenvalue weighted by molar-refractivity contribution is 0.0878. The van der Waals surface area contributed by atoms with Crippen LogP contribution in [0.4, 0.5) is 0 Å². The first-order valence-electron chi connectivity index (χ1n) is 7.34. The van der Waals surface area contributed by atoms with Gasteiger partial charge in [-0.05, 0) is 19.8 Å². The van der Waals surface area contributed by atoms with Crippen molar-refractivity contribution in [3.8, 4) is 0 Å². The maximum atomic E-state index is 12.4. The van der Waals surface area contributed by atoms with Gasteiger partial charge in [-0.15, -0.1) is 0 Å². The topological polar surface area (TPSA) is 75.4 Å². The second kappa shape index (κ2) is 5.95. The maximum absolute atomic E-state index is 12.4. The van der Waals surface area contributed by atoms with E-state index in [9.17, 15) is 9.90 Å². The molecule has 5 nitrogen and oxygen atoms in total. The number of carbonyl (C=O) groups is 1. The molecule has 0 aromatic carbocycles. The summed E-state index contributed by atoms with van der Waals surface area (Å²) >= 11 is 0. The van der Waals surface area contributed by atoms with Crippen LogP contribution in [0.5, 0.6) is 0 Å². The molecule has 1 aliphatic rings. The smallest absolute Gasteiger partial charge is 0.256 e. The van der Waals surface area contributed by atoms with Gasteiger partial charge in [0, 0.05) is 17.9 Å². The van der Waals surface area contributed by atoms with Crippen molar-refractivity contribution in [1.82, 2.24) is 10.5 Å². The Morgan fingerprint density at radius 3 is 2.65 bits per heavy atom. The summed E-state index contributed by atoms with van der Waals surface area (Å²) in [5.41, 5.74) is 1.03. The molecule has 1 aromatic rings. The number of aliphatic hydroxyl groups is 1. The molecule has 1 aliphatic carbocycles. The number of carbonyl (C=O) groups excluding carboxylic acids is 1. The molecule has 1 aromatic heterocycles. The third-order valence-electron chi connectivity index (χ3n) is 4.26. The Morgan fingerprint density at radius 2 is 2.10 bits per heavy atom. The van der Waals surface area contributed by atoms with Gasteiger partial charge in [0.25, 0.3) is 5.91 Å². The lowest BCUT2D eigenvalue weighted by atomic mass is 9.87. The van der Waals surface area contributed by atoms with E-state index >= 15 is 0 Å². The van der Waals surface area contributed by atoms with Crippen LogP contribution in [0.3, 0.4) is 0 Å². The van der Waals surface area contributed by atoms with E-state index in [2.05, 4.69) is 10.5 Å². The Labute approximate surface area is 119 Å². The molecule has 0 unspecified atom stereocenters. The van der Waals surface area contributed by atoms with Gasteiger partial charge >= 0.3 is 0 Å². The van der Waals surface area contributed by atoms with Crippen LogP contribution in [-0.2, 0) is 0 Å². The number of nitrogens with one attached hydrogen (secondary N) is 1. The molecular weight excluding hydrogens is 256 g/mol. The van der Waals surface area contributed by atoms with Gasteiger partial charge in [0.15, 0.2) is 5.76 Å². The fourth-order valence-electron chi connectivity index (χ4n) is 2.93. The molecule has 0 radical (unpaired) electrons. The molecular formula is C15H24N2O3. The highest BCUT2D eigenvalue weighted by Gasteiger charge is 2.34. The molecule has 5 heteroatoms. The first-order valence-corrected chi connectivity index (χ1v) is 7.34. The Balaban J connectivity index is 2.07. The molecule has 0 spiro atoms. The number of aliphatic hydroxyl groups excluding tert-OH is 1. The number of aromatic nitrogens is 1. The van der Waals surface area contributed by atoms with E-state index < -0.39 is 0 Å². The fraction of sp³-hybridized carbons (Fsp3) is 0.733. The second-order valence-corrected chi connectivity index (χ2v) is 6.21. The van der Waals surface area contributed by atoms with Gasteiger partial charge in [-0.25, -0.2) is 0 Å². The fourth-order valence-corrected chi connectivity index (χ4v) is 2.93. The van der Waals surface area contributed by atoms with Crippen LogP contribution in [0.2, 0.25) is 0 Å². The third-order valence-corrected chi connectivity index (χ3v) is 4.26. The third kappa shape index (κ3) is 2.87. The number of hydrogen-bond acceptors (Lipinski definition) is 4. The van der Waals surface area contributed by atoms with Crippen molar-refractivity contribution in [2.45, 2.75) is 52.4 Å². The van der Waals surface area contributed by atoms with Crippen molar-refractivity contribution in [2.24, 2.45) is 5.41 Å². The van der Waals surface area contributed by atoms with Gasteiger partial charge < -0.3 is 14.9 Å².